The van der Waals surface area contributed by atoms with Crippen LogP contribution in [0.15, 0.2) is 18.2 Å². The number of nitrogens with one attached hydrogen (secondary N) is 3. The van der Waals surface area contributed by atoms with Crippen molar-refractivity contribution in [2.45, 2.75) is 56.6 Å². The van der Waals surface area contributed by atoms with E-state index in [4.69, 9.17) is 4.74 Å². The second-order valence-electron chi connectivity index (χ2n) is 10.3. The third-order valence-corrected chi connectivity index (χ3v) is 7.73. The van der Waals surface area contributed by atoms with E-state index in [0.717, 1.165) is 38.5 Å². The van der Waals surface area contributed by atoms with Crippen molar-refractivity contribution in [2.24, 2.45) is 11.8 Å². The van der Waals surface area contributed by atoms with E-state index in [2.05, 4.69) is 20.7 Å². The Hall–Kier alpha value is -2.50. The Morgan fingerprint density at radius 3 is 2.74 bits per heavy atom. The summed E-state index contributed by atoms with van der Waals surface area (Å²) in [5.41, 5.74) is -1.86. The lowest BCUT2D eigenvalue weighted by Gasteiger charge is -2.43. The molecule has 0 unspecified atom stereocenters. The van der Waals surface area contributed by atoms with E-state index in [1.165, 1.54) is 19.2 Å². The van der Waals surface area contributed by atoms with Crippen LogP contribution in [0.2, 0.25) is 0 Å². The van der Waals surface area contributed by atoms with Gasteiger partial charge in [-0.15, -0.1) is 0 Å². The quantitative estimate of drug-likeness (QED) is 0.321. The standard InChI is InChI=1S/C27H42F2N4O5/c1-30-17-21(16-19-9-14-38-15-10-19)32-25(34)33-13-4-6-20(18-33)27(36,11-5-12-31-26(35)37-2)22-7-3-8-23(28)24(22)29/h3,7-8,19-21,30,36H,4-6,9-18H2,1-2H3,(H,31,35)(H,32,34)/t20-,21+,27+/m1/s1. The van der Waals surface area contributed by atoms with Gasteiger partial charge in [0.2, 0.25) is 0 Å². The summed E-state index contributed by atoms with van der Waals surface area (Å²) in [5.74, 6) is -2.17. The van der Waals surface area contributed by atoms with Crippen molar-refractivity contribution >= 4 is 12.1 Å². The zero-order valence-electron chi connectivity index (χ0n) is 22.4. The van der Waals surface area contributed by atoms with Gasteiger partial charge in [-0.05, 0) is 64.0 Å². The van der Waals surface area contributed by atoms with Crippen LogP contribution in [0.5, 0.6) is 0 Å². The van der Waals surface area contributed by atoms with Crippen molar-refractivity contribution in [2.75, 3.05) is 53.6 Å². The fraction of sp³-hybridized carbons (Fsp3) is 0.704. The highest BCUT2D eigenvalue weighted by atomic mass is 19.2. The van der Waals surface area contributed by atoms with Gasteiger partial charge in [0.15, 0.2) is 11.6 Å². The van der Waals surface area contributed by atoms with Gasteiger partial charge in [0, 0.05) is 56.9 Å². The van der Waals surface area contributed by atoms with Gasteiger partial charge in [0.25, 0.3) is 0 Å². The van der Waals surface area contributed by atoms with Crippen molar-refractivity contribution < 1.29 is 33.0 Å². The minimum absolute atomic E-state index is 0.0556. The van der Waals surface area contributed by atoms with Gasteiger partial charge in [0.1, 0.15) is 0 Å². The molecule has 2 aliphatic rings. The molecule has 1 aromatic rings. The number of likely N-dealkylation sites (N-methyl/N-ethyl adjacent to an activating group) is 1. The van der Waals surface area contributed by atoms with Crippen LogP contribution in [0.1, 0.15) is 50.5 Å². The predicted octanol–water partition coefficient (Wildman–Crippen LogP) is 3.11. The fourth-order valence-electron chi connectivity index (χ4n) is 5.66. The van der Waals surface area contributed by atoms with Crippen LogP contribution in [0, 0.1) is 23.5 Å². The highest BCUT2D eigenvalue weighted by Gasteiger charge is 2.43. The number of nitrogens with zero attached hydrogens (tertiary/aromatic N) is 1. The average Bonchev–Trinajstić information content (AvgIpc) is 2.93. The van der Waals surface area contributed by atoms with Gasteiger partial charge < -0.3 is 35.4 Å². The first-order valence-corrected chi connectivity index (χ1v) is 13.5. The second-order valence-corrected chi connectivity index (χ2v) is 10.3. The SMILES string of the molecule is CNC[C@H](CC1CCOCC1)NC(=O)N1CCC[C@@H]([C@@](O)(CCCNC(=O)OC)c2cccc(F)c2F)C1. The molecule has 0 radical (unpaired) electrons. The first-order chi connectivity index (χ1) is 18.3. The number of piperidine rings is 1. The first kappa shape index (κ1) is 30.0. The van der Waals surface area contributed by atoms with E-state index >= 15 is 0 Å². The summed E-state index contributed by atoms with van der Waals surface area (Å²) >= 11 is 0. The molecule has 1 aromatic carbocycles. The maximum Gasteiger partial charge on any atom is 0.406 e. The molecule has 0 aliphatic carbocycles. The number of ether oxygens (including phenoxy) is 2. The number of benzene rings is 1. The lowest BCUT2D eigenvalue weighted by molar-refractivity contribution is -0.0580. The lowest BCUT2D eigenvalue weighted by atomic mass is 9.74. The molecular weight excluding hydrogens is 498 g/mol. The fourth-order valence-corrected chi connectivity index (χ4v) is 5.66. The summed E-state index contributed by atoms with van der Waals surface area (Å²) in [5, 5.41) is 20.7. The van der Waals surface area contributed by atoms with Gasteiger partial charge >= 0.3 is 12.1 Å². The third kappa shape index (κ3) is 8.00. The monoisotopic (exact) mass is 540 g/mol. The van der Waals surface area contributed by atoms with E-state index in [1.54, 1.807) is 4.90 Å². The third-order valence-electron chi connectivity index (χ3n) is 7.73. The zero-order valence-corrected chi connectivity index (χ0v) is 22.4. The maximum atomic E-state index is 14.9. The number of likely N-dealkylation sites (tertiary alicyclic amines) is 1. The van der Waals surface area contributed by atoms with Gasteiger partial charge in [-0.25, -0.2) is 18.4 Å². The van der Waals surface area contributed by atoms with Gasteiger partial charge in [0.05, 0.1) is 12.7 Å². The molecule has 38 heavy (non-hydrogen) atoms. The Bertz CT molecular complexity index is 917. The molecule has 3 atom stereocenters. The molecule has 2 aliphatic heterocycles. The van der Waals surface area contributed by atoms with Gasteiger partial charge in [-0.3, -0.25) is 0 Å². The van der Waals surface area contributed by atoms with Crippen molar-refractivity contribution in [1.29, 1.82) is 0 Å². The summed E-state index contributed by atoms with van der Waals surface area (Å²) < 4.78 is 39.2. The number of carbonyl (C=O) groups is 2. The predicted molar refractivity (Wildman–Crippen MR) is 139 cm³/mol. The largest absolute Gasteiger partial charge is 0.453 e. The van der Waals surface area contributed by atoms with E-state index < -0.39 is 29.2 Å². The molecule has 0 bridgehead atoms. The topological polar surface area (TPSA) is 112 Å². The van der Waals surface area contributed by atoms with Crippen molar-refractivity contribution in [3.63, 3.8) is 0 Å². The van der Waals surface area contributed by atoms with Crippen LogP contribution in [0.4, 0.5) is 18.4 Å². The van der Waals surface area contributed by atoms with Crippen LogP contribution >= 0.6 is 0 Å². The number of halogens is 2. The minimum atomic E-state index is -1.73. The molecule has 2 fully saturated rings. The molecular formula is C27H42F2N4O5. The van der Waals surface area contributed by atoms with E-state index in [1.807, 2.05) is 7.05 Å². The molecule has 11 heteroatoms. The Kier molecular flexibility index (Phi) is 11.5. The summed E-state index contributed by atoms with van der Waals surface area (Å²) in [7, 11) is 3.10. The minimum Gasteiger partial charge on any atom is -0.453 e. The Labute approximate surface area is 223 Å². The molecule has 0 aromatic heterocycles. The van der Waals surface area contributed by atoms with E-state index in [-0.39, 0.29) is 37.1 Å². The molecule has 3 amide bonds. The van der Waals surface area contributed by atoms with Crippen LogP contribution in [-0.2, 0) is 15.1 Å². The Morgan fingerprint density at radius 2 is 2.03 bits per heavy atom. The summed E-state index contributed by atoms with van der Waals surface area (Å²) in [4.78, 5) is 26.4. The maximum absolute atomic E-state index is 14.9. The summed E-state index contributed by atoms with van der Waals surface area (Å²) in [6.45, 7) is 3.02. The summed E-state index contributed by atoms with van der Waals surface area (Å²) in [6, 6.07) is 3.50. The van der Waals surface area contributed by atoms with Crippen molar-refractivity contribution in [3.05, 3.63) is 35.4 Å². The van der Waals surface area contributed by atoms with Crippen LogP contribution in [-0.4, -0.2) is 81.7 Å². The highest BCUT2D eigenvalue weighted by molar-refractivity contribution is 5.74. The smallest absolute Gasteiger partial charge is 0.406 e. The number of aliphatic hydroxyl groups is 1. The number of hydrogen-bond donors (Lipinski definition) is 4. The van der Waals surface area contributed by atoms with Crippen LogP contribution in [0.3, 0.4) is 0 Å². The highest BCUT2D eigenvalue weighted by Crippen LogP contribution is 2.41. The first-order valence-electron chi connectivity index (χ1n) is 13.5. The van der Waals surface area contributed by atoms with E-state index in [9.17, 15) is 23.5 Å². The van der Waals surface area contributed by atoms with Crippen molar-refractivity contribution in [3.8, 4) is 0 Å². The normalized spacial score (nSPS) is 20.9. The number of hydrogen-bond acceptors (Lipinski definition) is 6. The molecule has 0 saturated carbocycles. The molecule has 4 N–H and O–H groups in total. The number of urea groups is 1. The Morgan fingerprint density at radius 1 is 1.26 bits per heavy atom. The van der Waals surface area contributed by atoms with E-state index in [0.29, 0.717) is 38.3 Å². The van der Waals surface area contributed by atoms with Gasteiger partial charge in [-0.2, -0.15) is 0 Å². The number of carbonyl (C=O) groups excluding carboxylic acids is 2. The van der Waals surface area contributed by atoms with Crippen LogP contribution < -0.4 is 16.0 Å². The number of amides is 3. The van der Waals surface area contributed by atoms with Crippen molar-refractivity contribution in [1.82, 2.24) is 20.9 Å². The number of methoxy groups -OCH3 is 1. The number of alkyl carbamates (subject to hydrolysis) is 1. The van der Waals surface area contributed by atoms with Gasteiger partial charge in [-0.1, -0.05) is 12.1 Å². The van der Waals surface area contributed by atoms with Crippen LogP contribution in [0.25, 0.3) is 0 Å². The molecule has 214 valence electrons. The molecule has 0 spiro atoms. The summed E-state index contributed by atoms with van der Waals surface area (Å²) in [6.07, 6.45) is 3.72. The Balaban J connectivity index is 1.72. The lowest BCUT2D eigenvalue weighted by Crippen LogP contribution is -2.54. The molecule has 3 rings (SSSR count). The number of rotatable bonds is 11. The second kappa shape index (κ2) is 14.6. The average molecular weight is 541 g/mol. The zero-order chi connectivity index (χ0) is 27.5. The molecule has 2 saturated heterocycles. The molecule has 2 heterocycles. The molecule has 9 nitrogen and oxygen atoms in total.